The maximum absolute atomic E-state index is 10.4. The summed E-state index contributed by atoms with van der Waals surface area (Å²) in [5.74, 6) is 0.335. The number of rotatable bonds is 3. The number of carbonyl (C=O) groups excluding carboxylic acids is 1. The van der Waals surface area contributed by atoms with E-state index < -0.39 is 0 Å². The molecule has 3 nitrogen and oxygen atoms in total. The van der Waals surface area contributed by atoms with Gasteiger partial charge in [-0.3, -0.25) is 4.79 Å². The van der Waals surface area contributed by atoms with Gasteiger partial charge in [0.25, 0.3) is 0 Å². The highest BCUT2D eigenvalue weighted by Crippen LogP contribution is 2.29. The Morgan fingerprint density at radius 1 is 1.27 bits per heavy atom. The van der Waals surface area contributed by atoms with Gasteiger partial charge in [0.05, 0.1) is 0 Å². The van der Waals surface area contributed by atoms with Crippen LogP contribution in [-0.2, 0) is 0 Å². The smallest absolute Gasteiger partial charge is 0.185 e. The number of nitrogens with two attached hydrogens (primary N) is 1. The molecule has 0 spiro atoms. The third kappa shape index (κ3) is 2.41. The summed E-state index contributed by atoms with van der Waals surface area (Å²) in [5, 5.41) is 0.683. The van der Waals surface area contributed by atoms with Crippen molar-refractivity contribution in [2.75, 3.05) is 5.73 Å². The van der Waals surface area contributed by atoms with Crippen LogP contribution in [-0.4, -0.2) is 6.29 Å². The minimum Gasteiger partial charge on any atom is -0.447 e. The first-order valence-electron chi connectivity index (χ1n) is 4.36. The second-order valence-corrected chi connectivity index (χ2v) is 4.03. The van der Waals surface area contributed by atoms with E-state index in [0.717, 1.165) is 4.90 Å². The Labute approximate surface area is 91.3 Å². The first-order chi connectivity index (χ1) is 7.28. The number of anilines is 1. The van der Waals surface area contributed by atoms with E-state index >= 15 is 0 Å². The molecular formula is C11H9NO2S. The number of carbonyl (C=O) groups is 1. The van der Waals surface area contributed by atoms with Crippen LogP contribution in [0.2, 0.25) is 0 Å². The summed E-state index contributed by atoms with van der Waals surface area (Å²) in [6, 6.07) is 10.9. The number of benzene rings is 1. The molecule has 0 amide bonds. The second-order valence-electron chi connectivity index (χ2n) is 2.95. The van der Waals surface area contributed by atoms with Gasteiger partial charge in [-0.05, 0) is 30.3 Å². The van der Waals surface area contributed by atoms with E-state index in [1.807, 2.05) is 24.3 Å². The first kappa shape index (κ1) is 9.86. The van der Waals surface area contributed by atoms with E-state index in [4.69, 9.17) is 10.2 Å². The number of hydrogen-bond acceptors (Lipinski definition) is 4. The van der Waals surface area contributed by atoms with E-state index in [9.17, 15) is 4.79 Å². The predicted octanol–water partition coefficient (Wildman–Crippen LogP) is 2.83. The van der Waals surface area contributed by atoms with Crippen molar-refractivity contribution in [1.82, 2.24) is 0 Å². The minimum absolute atomic E-state index is 0.335. The van der Waals surface area contributed by atoms with Gasteiger partial charge >= 0.3 is 0 Å². The molecule has 1 aromatic heterocycles. The summed E-state index contributed by atoms with van der Waals surface area (Å²) < 4.78 is 5.23. The van der Waals surface area contributed by atoms with Crippen molar-refractivity contribution >= 4 is 23.7 Å². The zero-order chi connectivity index (χ0) is 10.7. The molecule has 0 saturated carbocycles. The Morgan fingerprint density at radius 2 is 2.13 bits per heavy atom. The Hall–Kier alpha value is -1.68. The monoisotopic (exact) mass is 219 g/mol. The van der Waals surface area contributed by atoms with Crippen LogP contribution in [0, 0.1) is 0 Å². The number of aldehydes is 1. The summed E-state index contributed by atoms with van der Waals surface area (Å²) in [6.45, 7) is 0. The predicted molar refractivity (Wildman–Crippen MR) is 59.1 cm³/mol. The summed E-state index contributed by atoms with van der Waals surface area (Å²) in [5.41, 5.74) is 6.35. The lowest BCUT2D eigenvalue weighted by Crippen LogP contribution is -1.82. The number of hydrogen-bond donors (Lipinski definition) is 1. The lowest BCUT2D eigenvalue weighted by Gasteiger charge is -1.98. The molecule has 76 valence electrons. The fourth-order valence-corrected chi connectivity index (χ4v) is 1.99. The third-order valence-corrected chi connectivity index (χ3v) is 2.71. The molecule has 0 aliphatic rings. The van der Waals surface area contributed by atoms with Crippen molar-refractivity contribution < 1.29 is 9.21 Å². The lowest BCUT2D eigenvalue weighted by atomic mass is 10.3. The summed E-state index contributed by atoms with van der Waals surface area (Å²) in [7, 11) is 0. The first-order valence-corrected chi connectivity index (χ1v) is 5.18. The molecule has 1 heterocycles. The molecule has 0 aliphatic carbocycles. The van der Waals surface area contributed by atoms with Crippen LogP contribution in [0.3, 0.4) is 0 Å². The van der Waals surface area contributed by atoms with Gasteiger partial charge in [-0.15, -0.1) is 0 Å². The van der Waals surface area contributed by atoms with Gasteiger partial charge in [-0.2, -0.15) is 0 Å². The van der Waals surface area contributed by atoms with Crippen LogP contribution in [0.5, 0.6) is 0 Å². The number of furan rings is 1. The Bertz CT molecular complexity index is 479. The molecule has 4 heteroatoms. The Morgan fingerprint density at radius 3 is 2.80 bits per heavy atom. The van der Waals surface area contributed by atoms with E-state index in [0.29, 0.717) is 22.8 Å². The fraction of sp³-hybridized carbons (Fsp3) is 0. The molecule has 0 aliphatic heterocycles. The fourth-order valence-electron chi connectivity index (χ4n) is 1.15. The standard InChI is InChI=1S/C11H9NO2S/c12-8-2-1-3-10(6-8)15-11-5-4-9(7-13)14-11/h1-7H,12H2. The highest BCUT2D eigenvalue weighted by Gasteiger charge is 2.03. The van der Waals surface area contributed by atoms with E-state index in [-0.39, 0.29) is 0 Å². The van der Waals surface area contributed by atoms with Gasteiger partial charge in [0.1, 0.15) is 0 Å². The second kappa shape index (κ2) is 4.23. The summed E-state index contributed by atoms with van der Waals surface area (Å²) in [6.07, 6.45) is 0.684. The molecular weight excluding hydrogens is 210 g/mol. The van der Waals surface area contributed by atoms with Crippen LogP contribution >= 0.6 is 11.8 Å². The van der Waals surface area contributed by atoms with Crippen molar-refractivity contribution in [3.05, 3.63) is 42.2 Å². The van der Waals surface area contributed by atoms with E-state index in [1.54, 1.807) is 12.1 Å². The minimum atomic E-state index is 0.335. The lowest BCUT2D eigenvalue weighted by molar-refractivity contribution is 0.109. The molecule has 0 unspecified atom stereocenters. The average Bonchev–Trinajstić information content (AvgIpc) is 2.65. The molecule has 2 rings (SSSR count). The quantitative estimate of drug-likeness (QED) is 0.637. The van der Waals surface area contributed by atoms with E-state index in [1.165, 1.54) is 11.8 Å². The molecule has 1 aromatic carbocycles. The van der Waals surface area contributed by atoms with Crippen molar-refractivity contribution in [3.8, 4) is 0 Å². The van der Waals surface area contributed by atoms with Crippen LogP contribution < -0.4 is 5.73 Å². The van der Waals surface area contributed by atoms with Gasteiger partial charge in [0, 0.05) is 10.6 Å². The molecule has 15 heavy (non-hydrogen) atoms. The largest absolute Gasteiger partial charge is 0.447 e. The Kier molecular flexibility index (Phi) is 2.78. The molecule has 2 N–H and O–H groups in total. The summed E-state index contributed by atoms with van der Waals surface area (Å²) in [4.78, 5) is 11.4. The highest BCUT2D eigenvalue weighted by atomic mass is 32.2. The van der Waals surface area contributed by atoms with Crippen molar-refractivity contribution in [2.45, 2.75) is 9.99 Å². The normalized spacial score (nSPS) is 10.1. The maximum atomic E-state index is 10.4. The van der Waals surface area contributed by atoms with Crippen LogP contribution in [0.25, 0.3) is 0 Å². The zero-order valence-corrected chi connectivity index (χ0v) is 8.66. The molecule has 0 fully saturated rings. The Balaban J connectivity index is 2.18. The maximum Gasteiger partial charge on any atom is 0.185 e. The van der Waals surface area contributed by atoms with Gasteiger partial charge in [0.15, 0.2) is 17.1 Å². The molecule has 2 aromatic rings. The SMILES string of the molecule is Nc1cccc(Sc2ccc(C=O)o2)c1. The van der Waals surface area contributed by atoms with Crippen LogP contribution in [0.4, 0.5) is 5.69 Å². The molecule has 0 radical (unpaired) electrons. The molecule has 0 atom stereocenters. The number of nitrogen functional groups attached to an aromatic ring is 1. The zero-order valence-electron chi connectivity index (χ0n) is 7.84. The van der Waals surface area contributed by atoms with Gasteiger partial charge < -0.3 is 10.2 Å². The topological polar surface area (TPSA) is 56.2 Å². The van der Waals surface area contributed by atoms with Crippen molar-refractivity contribution in [2.24, 2.45) is 0 Å². The van der Waals surface area contributed by atoms with Crippen molar-refractivity contribution in [1.29, 1.82) is 0 Å². The molecule has 0 saturated heterocycles. The van der Waals surface area contributed by atoms with Crippen LogP contribution in [0.15, 0.2) is 50.8 Å². The highest BCUT2D eigenvalue weighted by molar-refractivity contribution is 7.99. The van der Waals surface area contributed by atoms with Gasteiger partial charge in [0.2, 0.25) is 0 Å². The van der Waals surface area contributed by atoms with Gasteiger partial charge in [-0.25, -0.2) is 0 Å². The van der Waals surface area contributed by atoms with E-state index in [2.05, 4.69) is 0 Å². The molecule has 0 bridgehead atoms. The van der Waals surface area contributed by atoms with Crippen molar-refractivity contribution in [3.63, 3.8) is 0 Å². The van der Waals surface area contributed by atoms with Crippen LogP contribution in [0.1, 0.15) is 10.6 Å². The average molecular weight is 219 g/mol. The van der Waals surface area contributed by atoms with Gasteiger partial charge in [-0.1, -0.05) is 17.8 Å². The summed E-state index contributed by atoms with van der Waals surface area (Å²) >= 11 is 1.43. The third-order valence-electron chi connectivity index (χ3n) is 1.79.